The molecular weight excluding hydrogens is 200 g/mol. The number of benzene rings is 1. The number of nitro groups is 1. The molecule has 1 aromatic carbocycles. The highest BCUT2D eigenvalue weighted by molar-refractivity contribution is 5.45. The van der Waals surface area contributed by atoms with Crippen molar-refractivity contribution >= 4 is 0 Å². The predicted octanol–water partition coefficient (Wildman–Crippen LogP) is 0.692. The molecule has 2 rings (SSSR count). The molecule has 0 radical (unpaired) electrons. The summed E-state index contributed by atoms with van der Waals surface area (Å²) in [6.07, 6.45) is 0. The second-order valence-corrected chi connectivity index (χ2v) is 3.15. The fourth-order valence-electron chi connectivity index (χ4n) is 1.46. The van der Waals surface area contributed by atoms with Gasteiger partial charge in [-0.15, -0.1) is 0 Å². The van der Waals surface area contributed by atoms with E-state index in [-0.39, 0.29) is 13.3 Å². The first kappa shape index (κ1) is 9.72. The Morgan fingerprint density at radius 2 is 2.20 bits per heavy atom. The summed E-state index contributed by atoms with van der Waals surface area (Å²) in [5.74, 6) is 1.14. The van der Waals surface area contributed by atoms with Gasteiger partial charge < -0.3 is 15.2 Å². The van der Waals surface area contributed by atoms with E-state index in [1.54, 1.807) is 18.2 Å². The lowest BCUT2D eigenvalue weighted by atomic mass is 10.1. The van der Waals surface area contributed by atoms with E-state index in [2.05, 4.69) is 0 Å². The quantitative estimate of drug-likeness (QED) is 0.585. The molecule has 0 aliphatic carbocycles. The molecule has 0 aromatic heterocycles. The van der Waals surface area contributed by atoms with Gasteiger partial charge in [0.25, 0.3) is 0 Å². The number of hydrogen-bond acceptors (Lipinski definition) is 5. The van der Waals surface area contributed by atoms with Gasteiger partial charge in [0, 0.05) is 10.5 Å². The molecule has 0 spiro atoms. The van der Waals surface area contributed by atoms with E-state index in [9.17, 15) is 10.1 Å². The summed E-state index contributed by atoms with van der Waals surface area (Å²) >= 11 is 0. The van der Waals surface area contributed by atoms with Crippen molar-refractivity contribution in [2.75, 3.05) is 13.3 Å². The van der Waals surface area contributed by atoms with Gasteiger partial charge in [0.15, 0.2) is 11.5 Å². The number of fused-ring (bicyclic) bond motifs is 1. The minimum absolute atomic E-state index is 0.0351. The van der Waals surface area contributed by atoms with Gasteiger partial charge in [0.1, 0.15) is 0 Å². The lowest BCUT2D eigenvalue weighted by molar-refractivity contribution is -0.525. The Kier molecular flexibility index (Phi) is 2.42. The summed E-state index contributed by atoms with van der Waals surface area (Å²) < 4.78 is 10.2. The van der Waals surface area contributed by atoms with Crippen molar-refractivity contribution in [3.63, 3.8) is 0 Å². The van der Waals surface area contributed by atoms with Crippen molar-refractivity contribution in [3.05, 3.63) is 33.9 Å². The van der Waals surface area contributed by atoms with E-state index in [4.69, 9.17) is 15.2 Å². The lowest BCUT2D eigenvalue weighted by Gasteiger charge is -2.07. The molecule has 80 valence electrons. The number of ether oxygens (including phenoxy) is 2. The molecule has 0 amide bonds. The predicted molar refractivity (Wildman–Crippen MR) is 51.4 cm³/mol. The van der Waals surface area contributed by atoms with Gasteiger partial charge in [-0.25, -0.2) is 0 Å². The van der Waals surface area contributed by atoms with E-state index in [1.807, 2.05) is 0 Å². The third kappa shape index (κ3) is 1.71. The number of nitrogens with two attached hydrogens (primary N) is 1. The van der Waals surface area contributed by atoms with Crippen molar-refractivity contribution in [1.82, 2.24) is 0 Å². The Hall–Kier alpha value is -1.82. The minimum atomic E-state index is -0.889. The largest absolute Gasteiger partial charge is 0.454 e. The van der Waals surface area contributed by atoms with Crippen molar-refractivity contribution in [2.24, 2.45) is 5.73 Å². The number of rotatable bonds is 3. The van der Waals surface area contributed by atoms with Crippen LogP contribution in [0.4, 0.5) is 0 Å². The van der Waals surface area contributed by atoms with E-state index in [0.29, 0.717) is 17.1 Å². The molecule has 6 heteroatoms. The molecule has 2 N–H and O–H groups in total. The van der Waals surface area contributed by atoms with Crippen molar-refractivity contribution < 1.29 is 14.4 Å². The minimum Gasteiger partial charge on any atom is -0.454 e. The van der Waals surface area contributed by atoms with Gasteiger partial charge in [-0.05, 0) is 18.2 Å². The smallest absolute Gasteiger partial charge is 0.250 e. The number of hydrogen-bond donors (Lipinski definition) is 1. The summed E-state index contributed by atoms with van der Waals surface area (Å²) in [5, 5.41) is 10.7. The fourth-order valence-corrected chi connectivity index (χ4v) is 1.46. The standard InChI is InChI=1S/C9H10N2O4/c10-4-7(11(12)13)6-1-2-8-9(3-6)15-5-14-8/h1-3,7H,4-5,10H2. The summed E-state index contributed by atoms with van der Waals surface area (Å²) in [6, 6.07) is 4.00. The molecule has 15 heavy (non-hydrogen) atoms. The molecule has 0 saturated carbocycles. The zero-order valence-corrected chi connectivity index (χ0v) is 7.88. The van der Waals surface area contributed by atoms with Crippen LogP contribution in [0.3, 0.4) is 0 Å². The van der Waals surface area contributed by atoms with Crippen LogP contribution in [0.25, 0.3) is 0 Å². The number of nitrogens with zero attached hydrogens (tertiary/aromatic N) is 1. The molecule has 0 fully saturated rings. The van der Waals surface area contributed by atoms with E-state index in [1.165, 1.54) is 0 Å². The Balaban J connectivity index is 2.32. The zero-order valence-electron chi connectivity index (χ0n) is 7.88. The van der Waals surface area contributed by atoms with Crippen molar-refractivity contribution in [3.8, 4) is 11.5 Å². The van der Waals surface area contributed by atoms with E-state index < -0.39 is 11.0 Å². The van der Waals surface area contributed by atoms with Crippen LogP contribution < -0.4 is 15.2 Å². The van der Waals surface area contributed by atoms with Crippen LogP contribution in [0.5, 0.6) is 11.5 Å². The molecule has 1 aromatic rings. The maximum Gasteiger partial charge on any atom is 0.250 e. The van der Waals surface area contributed by atoms with Crippen LogP contribution in [0, 0.1) is 10.1 Å². The Morgan fingerprint density at radius 1 is 1.47 bits per heavy atom. The third-order valence-corrected chi connectivity index (χ3v) is 2.26. The molecule has 0 saturated heterocycles. The molecule has 1 heterocycles. The Labute approximate surface area is 85.7 Å². The molecule has 1 unspecified atom stereocenters. The highest BCUT2D eigenvalue weighted by Crippen LogP contribution is 2.34. The zero-order chi connectivity index (χ0) is 10.8. The SMILES string of the molecule is NCC(c1ccc2c(c1)OCO2)[N+](=O)[O-]. The summed E-state index contributed by atoms with van der Waals surface area (Å²) in [5.41, 5.74) is 5.87. The van der Waals surface area contributed by atoms with Crippen molar-refractivity contribution in [1.29, 1.82) is 0 Å². The van der Waals surface area contributed by atoms with Crippen LogP contribution in [-0.2, 0) is 0 Å². The summed E-state index contributed by atoms with van der Waals surface area (Å²) in [6.45, 7) is 0.122. The maximum absolute atomic E-state index is 10.7. The van der Waals surface area contributed by atoms with Crippen LogP contribution in [0.1, 0.15) is 11.6 Å². The van der Waals surface area contributed by atoms with Gasteiger partial charge in [0.05, 0.1) is 6.54 Å². The summed E-state index contributed by atoms with van der Waals surface area (Å²) in [4.78, 5) is 10.3. The second-order valence-electron chi connectivity index (χ2n) is 3.15. The Bertz CT molecular complexity index is 394. The molecule has 1 aliphatic heterocycles. The molecular formula is C9H10N2O4. The maximum atomic E-state index is 10.7. The first-order valence-electron chi connectivity index (χ1n) is 4.45. The normalized spacial score (nSPS) is 15.0. The molecule has 1 atom stereocenters. The van der Waals surface area contributed by atoms with Crippen LogP contribution in [-0.4, -0.2) is 18.3 Å². The summed E-state index contributed by atoms with van der Waals surface area (Å²) in [7, 11) is 0. The van der Waals surface area contributed by atoms with E-state index in [0.717, 1.165) is 0 Å². The Morgan fingerprint density at radius 3 is 2.87 bits per heavy atom. The van der Waals surface area contributed by atoms with E-state index >= 15 is 0 Å². The van der Waals surface area contributed by atoms with Gasteiger partial charge in [-0.2, -0.15) is 0 Å². The van der Waals surface area contributed by atoms with Gasteiger partial charge in [-0.1, -0.05) is 0 Å². The fraction of sp³-hybridized carbons (Fsp3) is 0.333. The van der Waals surface area contributed by atoms with Crippen LogP contribution in [0.2, 0.25) is 0 Å². The van der Waals surface area contributed by atoms with Gasteiger partial charge in [0.2, 0.25) is 12.8 Å². The van der Waals surface area contributed by atoms with Crippen molar-refractivity contribution in [2.45, 2.75) is 6.04 Å². The molecule has 0 bridgehead atoms. The highest BCUT2D eigenvalue weighted by Gasteiger charge is 2.23. The van der Waals surface area contributed by atoms with Gasteiger partial charge >= 0.3 is 0 Å². The topological polar surface area (TPSA) is 87.6 Å². The average molecular weight is 210 g/mol. The molecule has 1 aliphatic rings. The third-order valence-electron chi connectivity index (χ3n) is 2.26. The average Bonchev–Trinajstić information content (AvgIpc) is 2.65. The van der Waals surface area contributed by atoms with Crippen LogP contribution in [0.15, 0.2) is 18.2 Å². The lowest BCUT2D eigenvalue weighted by Crippen LogP contribution is -2.20. The first-order valence-corrected chi connectivity index (χ1v) is 4.45. The first-order chi connectivity index (χ1) is 7.22. The second kappa shape index (κ2) is 3.74. The van der Waals surface area contributed by atoms with Gasteiger partial charge in [-0.3, -0.25) is 10.1 Å². The highest BCUT2D eigenvalue weighted by atomic mass is 16.7. The monoisotopic (exact) mass is 210 g/mol. The molecule has 6 nitrogen and oxygen atoms in total. The van der Waals surface area contributed by atoms with Crippen LogP contribution >= 0.6 is 0 Å².